The fourth-order valence-corrected chi connectivity index (χ4v) is 6.50. The zero-order valence-corrected chi connectivity index (χ0v) is 27.5. The Morgan fingerprint density at radius 3 is 1.65 bits per heavy atom. The van der Waals surface area contributed by atoms with Crippen molar-refractivity contribution in [2.75, 3.05) is 0 Å². The molecular weight excluding hydrogens is 568 g/mol. The molecule has 3 aromatic heterocycles. The Morgan fingerprint density at radius 1 is 0.543 bits per heavy atom. The number of allylic oxidation sites excluding steroid dienone is 8. The number of ketones is 2. The van der Waals surface area contributed by atoms with Crippen LogP contribution in [0.15, 0.2) is 60.7 Å². The molecular formula is C40H36N4O2. The Kier molecular flexibility index (Phi) is 6.78. The molecule has 5 heterocycles. The van der Waals surface area contributed by atoms with Crippen LogP contribution < -0.4 is 0 Å². The van der Waals surface area contributed by atoms with E-state index in [1.165, 1.54) is 34.9 Å². The van der Waals surface area contributed by atoms with Crippen molar-refractivity contribution in [3.63, 3.8) is 0 Å². The summed E-state index contributed by atoms with van der Waals surface area (Å²) in [5.41, 5.74) is 20.1. The van der Waals surface area contributed by atoms with Crippen LogP contribution in [0.2, 0.25) is 0 Å². The third kappa shape index (κ3) is 4.55. The van der Waals surface area contributed by atoms with Crippen molar-refractivity contribution in [2.45, 2.75) is 55.4 Å². The normalized spacial score (nSPS) is 14.9. The molecule has 46 heavy (non-hydrogen) atoms. The third-order valence-corrected chi connectivity index (χ3v) is 10.1. The van der Waals surface area contributed by atoms with Crippen LogP contribution in [-0.4, -0.2) is 31.5 Å². The minimum absolute atomic E-state index is 0.171. The molecule has 3 aliphatic rings. The van der Waals surface area contributed by atoms with Crippen molar-refractivity contribution in [1.29, 1.82) is 0 Å². The van der Waals surface area contributed by atoms with Crippen LogP contribution in [-0.2, 0) is 9.59 Å². The van der Waals surface area contributed by atoms with Crippen LogP contribution in [0, 0.1) is 27.7 Å². The highest BCUT2D eigenvalue weighted by Gasteiger charge is 2.22. The van der Waals surface area contributed by atoms with Crippen molar-refractivity contribution >= 4 is 61.5 Å². The fraction of sp³-hybridized carbons (Fsp3) is 0.200. The molecule has 0 amide bonds. The van der Waals surface area contributed by atoms with Gasteiger partial charge in [0, 0.05) is 27.7 Å². The number of H-pyrrole nitrogens is 2. The van der Waals surface area contributed by atoms with Gasteiger partial charge in [0.2, 0.25) is 0 Å². The number of nitrogens with one attached hydrogen (secondary N) is 2. The number of aryl methyl sites for hydroxylation is 4. The summed E-state index contributed by atoms with van der Waals surface area (Å²) >= 11 is 0. The van der Waals surface area contributed by atoms with E-state index < -0.39 is 0 Å². The fourth-order valence-electron chi connectivity index (χ4n) is 6.50. The van der Waals surface area contributed by atoms with Crippen LogP contribution in [0.3, 0.4) is 0 Å². The summed E-state index contributed by atoms with van der Waals surface area (Å²) in [6.07, 6.45) is 4.06. The lowest BCUT2D eigenvalue weighted by molar-refractivity contribution is -0.113. The molecule has 8 bridgehead atoms. The zero-order chi connectivity index (χ0) is 32.6. The highest BCUT2D eigenvalue weighted by atomic mass is 16.1. The van der Waals surface area contributed by atoms with E-state index in [-0.39, 0.29) is 11.6 Å². The Bertz CT molecular complexity index is 2350. The average Bonchev–Trinajstić information content (AvgIpc) is 3.67. The highest BCUT2D eigenvalue weighted by molar-refractivity contribution is 6.34. The van der Waals surface area contributed by atoms with Gasteiger partial charge >= 0.3 is 0 Å². The summed E-state index contributed by atoms with van der Waals surface area (Å²) in [6, 6.07) is 14.3. The summed E-state index contributed by atoms with van der Waals surface area (Å²) < 4.78 is 0. The first-order chi connectivity index (χ1) is 21.9. The van der Waals surface area contributed by atoms with E-state index in [0.29, 0.717) is 11.1 Å². The maximum absolute atomic E-state index is 12.6. The molecule has 7 rings (SSSR count). The maximum Gasteiger partial charge on any atom is 0.186 e. The number of nitrogens with zero attached hydrogens (tertiary/aromatic N) is 2. The lowest BCUT2D eigenvalue weighted by Gasteiger charge is -2.11. The molecule has 1 aromatic carbocycles. The topological polar surface area (TPSA) is 91.5 Å². The number of carbonyl (C=O) groups is 2. The SMILES string of the molecule is CC1=C(C)c2cc3[nH]c(c(C)c3C)c(-c3ccc(C4=CC(=O)C=CC4=O)cc3)c3nc(cc4[nH]c(cc1n2)c(C)c4C)C(C)=C3C. The van der Waals surface area contributed by atoms with Gasteiger partial charge in [0.25, 0.3) is 0 Å². The maximum atomic E-state index is 12.6. The van der Waals surface area contributed by atoms with Crippen molar-refractivity contribution in [2.24, 2.45) is 0 Å². The molecule has 0 fully saturated rings. The highest BCUT2D eigenvalue weighted by Crippen LogP contribution is 2.40. The number of benzene rings is 1. The monoisotopic (exact) mass is 604 g/mol. The number of hydrogen-bond donors (Lipinski definition) is 2. The molecule has 0 unspecified atom stereocenters. The van der Waals surface area contributed by atoms with Crippen LogP contribution in [0.1, 0.15) is 78.3 Å². The second-order valence-electron chi connectivity index (χ2n) is 12.6. The molecule has 6 nitrogen and oxygen atoms in total. The molecule has 6 heteroatoms. The van der Waals surface area contributed by atoms with Gasteiger partial charge in [-0.25, -0.2) is 9.97 Å². The standard InChI is InChI=1S/C40H36N4O2/c1-19-21(3)33-17-35-23(5)25(7)39(43-35)38(28-11-9-27(10-12-28)30-15-29(45)13-14-37(30)46)40-26(8)24(6)36(44-40)18-34-22(4)20(2)32(42-34)16-31(19)41-33/h9-18,41,44H,1-8H3. The summed E-state index contributed by atoms with van der Waals surface area (Å²) in [4.78, 5) is 42.5. The van der Waals surface area contributed by atoms with E-state index in [1.54, 1.807) is 0 Å². The van der Waals surface area contributed by atoms with Gasteiger partial charge in [-0.05, 0) is 147 Å². The molecule has 2 aliphatic heterocycles. The van der Waals surface area contributed by atoms with E-state index in [4.69, 9.17) is 9.97 Å². The van der Waals surface area contributed by atoms with E-state index in [1.807, 2.05) is 24.3 Å². The van der Waals surface area contributed by atoms with Crippen molar-refractivity contribution in [1.82, 2.24) is 19.9 Å². The molecule has 0 radical (unpaired) electrons. The number of rotatable bonds is 2. The third-order valence-electron chi connectivity index (χ3n) is 10.1. The smallest absolute Gasteiger partial charge is 0.186 e. The van der Waals surface area contributed by atoms with Crippen molar-refractivity contribution in [3.05, 3.63) is 111 Å². The Balaban J connectivity index is 1.59. The predicted molar refractivity (Wildman–Crippen MR) is 189 cm³/mol. The van der Waals surface area contributed by atoms with Crippen LogP contribution in [0.25, 0.3) is 61.1 Å². The minimum atomic E-state index is -0.183. The lowest BCUT2D eigenvalue weighted by atomic mass is 9.93. The van der Waals surface area contributed by atoms with E-state index in [9.17, 15) is 9.59 Å². The quantitative estimate of drug-likeness (QED) is 0.223. The van der Waals surface area contributed by atoms with Crippen molar-refractivity contribution in [3.8, 4) is 11.1 Å². The number of carbonyl (C=O) groups excluding carboxylic acids is 2. The number of aromatic nitrogens is 4. The summed E-state index contributed by atoms with van der Waals surface area (Å²) in [5.74, 6) is -0.354. The Labute approximate surface area is 268 Å². The first kappa shape index (κ1) is 29.4. The van der Waals surface area contributed by atoms with Crippen LogP contribution in [0.4, 0.5) is 0 Å². The summed E-state index contributed by atoms with van der Waals surface area (Å²) in [5, 5.41) is 0. The predicted octanol–water partition coefficient (Wildman–Crippen LogP) is 9.21. The van der Waals surface area contributed by atoms with Crippen LogP contribution in [0.5, 0.6) is 0 Å². The number of fused-ring (bicyclic) bond motifs is 8. The van der Waals surface area contributed by atoms with Gasteiger partial charge in [-0.2, -0.15) is 0 Å². The Morgan fingerprint density at radius 2 is 1.04 bits per heavy atom. The largest absolute Gasteiger partial charge is 0.355 e. The van der Waals surface area contributed by atoms with Gasteiger partial charge in [0.05, 0.1) is 28.3 Å². The zero-order valence-electron chi connectivity index (χ0n) is 27.5. The molecule has 0 atom stereocenters. The van der Waals surface area contributed by atoms with Gasteiger partial charge in [0.1, 0.15) is 0 Å². The van der Waals surface area contributed by atoms with Gasteiger partial charge in [-0.3, -0.25) is 9.59 Å². The van der Waals surface area contributed by atoms with Gasteiger partial charge in [0.15, 0.2) is 11.6 Å². The average molecular weight is 605 g/mol. The molecule has 1 aliphatic carbocycles. The number of aromatic amines is 2. The molecule has 0 saturated carbocycles. The van der Waals surface area contributed by atoms with E-state index in [2.05, 4.69) is 83.6 Å². The molecule has 0 saturated heterocycles. The van der Waals surface area contributed by atoms with Gasteiger partial charge in [-0.15, -0.1) is 0 Å². The second kappa shape index (κ2) is 10.6. The van der Waals surface area contributed by atoms with Gasteiger partial charge in [-0.1, -0.05) is 24.3 Å². The molecule has 0 spiro atoms. The lowest BCUT2D eigenvalue weighted by Crippen LogP contribution is -2.06. The number of hydrogen-bond acceptors (Lipinski definition) is 4. The summed E-state index contributed by atoms with van der Waals surface area (Å²) in [7, 11) is 0. The van der Waals surface area contributed by atoms with E-state index >= 15 is 0 Å². The first-order valence-corrected chi connectivity index (χ1v) is 15.6. The molecule has 4 aromatic rings. The summed E-state index contributed by atoms with van der Waals surface area (Å²) in [6.45, 7) is 17.1. The van der Waals surface area contributed by atoms with E-state index in [0.717, 1.165) is 83.8 Å². The van der Waals surface area contributed by atoms with Crippen LogP contribution >= 0.6 is 0 Å². The van der Waals surface area contributed by atoms with Gasteiger partial charge < -0.3 is 9.97 Å². The van der Waals surface area contributed by atoms with Crippen molar-refractivity contribution < 1.29 is 9.59 Å². The first-order valence-electron chi connectivity index (χ1n) is 15.6. The minimum Gasteiger partial charge on any atom is -0.355 e. The Hall–Kier alpha value is -5.36. The molecule has 2 N–H and O–H groups in total. The second-order valence-corrected chi connectivity index (χ2v) is 12.6. The molecule has 228 valence electrons.